The fourth-order valence-corrected chi connectivity index (χ4v) is 3.20. The number of benzene rings is 1. The van der Waals surface area contributed by atoms with Gasteiger partial charge >= 0.3 is 0 Å². The van der Waals surface area contributed by atoms with Crippen LogP contribution in [0.15, 0.2) is 42.7 Å². The number of hydrogen-bond acceptors (Lipinski definition) is 3. The highest BCUT2D eigenvalue weighted by Crippen LogP contribution is 2.24. The summed E-state index contributed by atoms with van der Waals surface area (Å²) in [5.74, 6) is -0.222. The number of aromatic nitrogens is 1. The summed E-state index contributed by atoms with van der Waals surface area (Å²) in [6.45, 7) is 3.55. The first-order chi connectivity index (χ1) is 10.8. The monoisotopic (exact) mass is 319 g/mol. The first-order valence-electron chi connectivity index (χ1n) is 7.53. The van der Waals surface area contributed by atoms with Gasteiger partial charge in [0, 0.05) is 55.2 Å². The highest BCUT2D eigenvalue weighted by Gasteiger charge is 2.24. The van der Waals surface area contributed by atoms with Crippen LogP contribution in [0.3, 0.4) is 0 Å². The zero-order chi connectivity index (χ0) is 15.4. The van der Waals surface area contributed by atoms with Gasteiger partial charge in [-0.05, 0) is 30.2 Å². The molecule has 1 fully saturated rings. The molecule has 0 saturated carbocycles. The van der Waals surface area contributed by atoms with Crippen LogP contribution in [0.2, 0.25) is 5.02 Å². The van der Waals surface area contributed by atoms with Crippen molar-refractivity contribution in [2.45, 2.75) is 12.5 Å². The summed E-state index contributed by atoms with van der Waals surface area (Å²) in [6.07, 6.45) is 4.30. The van der Waals surface area contributed by atoms with Crippen LogP contribution in [0.5, 0.6) is 0 Å². The Morgan fingerprint density at radius 3 is 3.00 bits per heavy atom. The zero-order valence-electron chi connectivity index (χ0n) is 12.3. The Kier molecular flexibility index (Phi) is 5.03. The summed E-state index contributed by atoms with van der Waals surface area (Å²) in [4.78, 5) is 6.58. The minimum Gasteiger partial charge on any atom is -0.314 e. The predicted octanol–water partition coefficient (Wildman–Crippen LogP) is 3.06. The quantitative estimate of drug-likeness (QED) is 0.939. The number of piperazine rings is 1. The minimum atomic E-state index is -0.222. The van der Waals surface area contributed by atoms with Gasteiger partial charge in [0.05, 0.1) is 0 Å². The van der Waals surface area contributed by atoms with Crippen molar-refractivity contribution in [3.8, 4) is 0 Å². The molecule has 1 aromatic carbocycles. The molecule has 0 radical (unpaired) electrons. The summed E-state index contributed by atoms with van der Waals surface area (Å²) in [5, 5.41) is 3.92. The molecule has 1 unspecified atom stereocenters. The SMILES string of the molecule is Fc1cccc(Cl)c1CCN1CCNCC1c1cccnc1. The van der Waals surface area contributed by atoms with Crippen molar-refractivity contribution in [1.82, 2.24) is 15.2 Å². The lowest BCUT2D eigenvalue weighted by Gasteiger charge is -2.36. The van der Waals surface area contributed by atoms with Gasteiger partial charge < -0.3 is 5.32 Å². The first-order valence-corrected chi connectivity index (χ1v) is 7.91. The third kappa shape index (κ3) is 3.46. The van der Waals surface area contributed by atoms with Crippen LogP contribution < -0.4 is 5.32 Å². The van der Waals surface area contributed by atoms with Gasteiger partial charge in [-0.15, -0.1) is 0 Å². The molecule has 0 bridgehead atoms. The fourth-order valence-electron chi connectivity index (χ4n) is 2.94. The summed E-state index contributed by atoms with van der Waals surface area (Å²) >= 11 is 6.12. The van der Waals surface area contributed by atoms with E-state index in [4.69, 9.17) is 11.6 Å². The summed E-state index contributed by atoms with van der Waals surface area (Å²) in [7, 11) is 0. The van der Waals surface area contributed by atoms with Gasteiger partial charge in [0.1, 0.15) is 5.82 Å². The van der Waals surface area contributed by atoms with E-state index in [1.54, 1.807) is 18.3 Å². The van der Waals surface area contributed by atoms with Crippen molar-refractivity contribution in [3.63, 3.8) is 0 Å². The number of rotatable bonds is 4. The Morgan fingerprint density at radius 2 is 2.23 bits per heavy atom. The van der Waals surface area contributed by atoms with Crippen molar-refractivity contribution in [2.75, 3.05) is 26.2 Å². The number of hydrogen-bond donors (Lipinski definition) is 1. The number of nitrogens with one attached hydrogen (secondary N) is 1. The lowest BCUT2D eigenvalue weighted by molar-refractivity contribution is 0.163. The highest BCUT2D eigenvalue weighted by atomic mass is 35.5. The summed E-state index contributed by atoms with van der Waals surface area (Å²) in [5.41, 5.74) is 1.79. The Bertz CT molecular complexity index is 600. The standard InChI is InChI=1S/C17H19ClFN3/c18-15-4-1-5-16(19)14(15)6-9-22-10-8-21-12-17(22)13-3-2-7-20-11-13/h1-5,7,11,17,21H,6,8-10,12H2. The molecule has 3 nitrogen and oxygen atoms in total. The van der Waals surface area contributed by atoms with Crippen LogP contribution >= 0.6 is 11.6 Å². The number of pyridine rings is 1. The van der Waals surface area contributed by atoms with E-state index in [0.717, 1.165) is 26.2 Å². The van der Waals surface area contributed by atoms with E-state index in [-0.39, 0.29) is 11.9 Å². The largest absolute Gasteiger partial charge is 0.314 e. The van der Waals surface area contributed by atoms with Crippen LogP contribution in [0.25, 0.3) is 0 Å². The average Bonchev–Trinajstić information content (AvgIpc) is 2.56. The molecule has 22 heavy (non-hydrogen) atoms. The third-order valence-electron chi connectivity index (χ3n) is 4.13. The highest BCUT2D eigenvalue weighted by molar-refractivity contribution is 6.31. The molecule has 0 spiro atoms. The van der Waals surface area contributed by atoms with Crippen LogP contribution in [0, 0.1) is 5.82 Å². The number of halogens is 2. The Hall–Kier alpha value is -1.49. The van der Waals surface area contributed by atoms with Crippen LogP contribution in [0.1, 0.15) is 17.2 Å². The van der Waals surface area contributed by atoms with E-state index in [1.807, 2.05) is 12.3 Å². The third-order valence-corrected chi connectivity index (χ3v) is 4.49. The van der Waals surface area contributed by atoms with Gasteiger partial charge in [0.15, 0.2) is 0 Å². The van der Waals surface area contributed by atoms with E-state index >= 15 is 0 Å². The fraction of sp³-hybridized carbons (Fsp3) is 0.353. The second-order valence-electron chi connectivity index (χ2n) is 5.49. The van der Waals surface area contributed by atoms with Gasteiger partial charge in [-0.1, -0.05) is 23.7 Å². The van der Waals surface area contributed by atoms with Crippen molar-refractivity contribution in [3.05, 3.63) is 64.7 Å². The normalized spacial score (nSPS) is 19.3. The molecule has 0 aliphatic carbocycles. The smallest absolute Gasteiger partial charge is 0.127 e. The van der Waals surface area contributed by atoms with Gasteiger partial charge in [-0.25, -0.2) is 4.39 Å². The van der Waals surface area contributed by atoms with E-state index in [0.29, 0.717) is 17.0 Å². The Morgan fingerprint density at radius 1 is 1.32 bits per heavy atom. The topological polar surface area (TPSA) is 28.2 Å². The molecule has 3 rings (SSSR count). The molecule has 1 saturated heterocycles. The van der Waals surface area contributed by atoms with Gasteiger partial charge in [0.2, 0.25) is 0 Å². The molecular formula is C17H19ClFN3. The molecule has 1 N–H and O–H groups in total. The Labute approximate surface area is 135 Å². The molecule has 116 valence electrons. The molecule has 1 aliphatic rings. The van der Waals surface area contributed by atoms with Crippen molar-refractivity contribution >= 4 is 11.6 Å². The maximum absolute atomic E-state index is 13.9. The van der Waals surface area contributed by atoms with E-state index in [9.17, 15) is 4.39 Å². The van der Waals surface area contributed by atoms with Crippen LogP contribution in [-0.2, 0) is 6.42 Å². The lowest BCUT2D eigenvalue weighted by Crippen LogP contribution is -2.46. The van der Waals surface area contributed by atoms with Gasteiger partial charge in [-0.2, -0.15) is 0 Å². The van der Waals surface area contributed by atoms with Crippen molar-refractivity contribution in [1.29, 1.82) is 0 Å². The number of nitrogens with zero attached hydrogens (tertiary/aromatic N) is 2. The minimum absolute atomic E-state index is 0.222. The van der Waals surface area contributed by atoms with E-state index in [1.165, 1.54) is 11.6 Å². The van der Waals surface area contributed by atoms with Crippen LogP contribution in [0.4, 0.5) is 4.39 Å². The molecule has 1 aromatic heterocycles. The van der Waals surface area contributed by atoms with Crippen molar-refractivity contribution in [2.24, 2.45) is 0 Å². The lowest BCUT2D eigenvalue weighted by atomic mass is 10.0. The molecule has 2 heterocycles. The average molecular weight is 320 g/mol. The maximum Gasteiger partial charge on any atom is 0.127 e. The predicted molar refractivity (Wildman–Crippen MR) is 86.5 cm³/mol. The molecular weight excluding hydrogens is 301 g/mol. The van der Waals surface area contributed by atoms with Gasteiger partial charge in [-0.3, -0.25) is 9.88 Å². The summed E-state index contributed by atoms with van der Waals surface area (Å²) in [6, 6.07) is 9.18. The van der Waals surface area contributed by atoms with E-state index < -0.39 is 0 Å². The van der Waals surface area contributed by atoms with Gasteiger partial charge in [0.25, 0.3) is 0 Å². The molecule has 5 heteroatoms. The van der Waals surface area contributed by atoms with Crippen molar-refractivity contribution < 1.29 is 4.39 Å². The molecule has 0 amide bonds. The molecule has 1 aliphatic heterocycles. The van der Waals surface area contributed by atoms with E-state index in [2.05, 4.69) is 21.3 Å². The zero-order valence-corrected chi connectivity index (χ0v) is 13.1. The molecule has 1 atom stereocenters. The first kappa shape index (κ1) is 15.4. The Balaban J connectivity index is 1.72. The molecule has 2 aromatic rings. The second kappa shape index (κ2) is 7.18. The summed E-state index contributed by atoms with van der Waals surface area (Å²) < 4.78 is 13.9. The maximum atomic E-state index is 13.9. The van der Waals surface area contributed by atoms with Crippen LogP contribution in [-0.4, -0.2) is 36.1 Å². The second-order valence-corrected chi connectivity index (χ2v) is 5.90.